The third kappa shape index (κ3) is 6.38. The Morgan fingerprint density at radius 3 is 2.58 bits per heavy atom. The van der Waals surface area contributed by atoms with Crippen LogP contribution in [0.3, 0.4) is 0 Å². The molecule has 1 heterocycles. The molecule has 0 unspecified atom stereocenters. The highest BCUT2D eigenvalue weighted by molar-refractivity contribution is 5.78. The molecule has 0 saturated heterocycles. The summed E-state index contributed by atoms with van der Waals surface area (Å²) in [7, 11) is 0. The number of carbonyl (C=O) groups is 1. The van der Waals surface area contributed by atoms with Gasteiger partial charge in [0.25, 0.3) is 0 Å². The molecule has 2 N–H and O–H groups in total. The Morgan fingerprint density at radius 2 is 2.05 bits per heavy atom. The molecule has 0 aromatic carbocycles. The Hall–Kier alpha value is -1.36. The van der Waals surface area contributed by atoms with Gasteiger partial charge in [-0.3, -0.25) is 9.48 Å². The molecule has 0 atom stereocenters. The Bertz CT molecular complexity index is 418. The summed E-state index contributed by atoms with van der Waals surface area (Å²) in [6.45, 7) is 12.1. The molecule has 0 saturated carbocycles. The maximum Gasteiger partial charge on any atom is 0.234 e. The highest BCUT2D eigenvalue weighted by atomic mass is 16.2. The number of amides is 1. The van der Waals surface area contributed by atoms with Crippen LogP contribution in [0, 0.1) is 13.8 Å². The van der Waals surface area contributed by atoms with Crippen molar-refractivity contribution in [3.05, 3.63) is 17.5 Å². The zero-order chi connectivity index (χ0) is 14.5. The van der Waals surface area contributed by atoms with Crippen LogP contribution in [0.5, 0.6) is 0 Å². The molecule has 1 amide bonds. The first-order chi connectivity index (χ1) is 8.78. The molecule has 0 fully saturated rings. The van der Waals surface area contributed by atoms with Crippen molar-refractivity contribution < 1.29 is 4.79 Å². The van der Waals surface area contributed by atoms with Crippen LogP contribution in [0.2, 0.25) is 0 Å². The van der Waals surface area contributed by atoms with Gasteiger partial charge in [0.2, 0.25) is 5.91 Å². The standard InChI is InChI=1S/C14H26N4O/c1-11-9-12(2)18(17-11)8-6-7-15-10-13(19)16-14(3,4)5/h9,15H,6-8,10H2,1-5H3,(H,16,19). The van der Waals surface area contributed by atoms with Gasteiger partial charge in [-0.25, -0.2) is 0 Å². The van der Waals surface area contributed by atoms with E-state index in [4.69, 9.17) is 0 Å². The first-order valence-corrected chi connectivity index (χ1v) is 6.81. The van der Waals surface area contributed by atoms with Crippen molar-refractivity contribution in [1.82, 2.24) is 20.4 Å². The largest absolute Gasteiger partial charge is 0.350 e. The average molecular weight is 266 g/mol. The predicted octanol–water partition coefficient (Wildman–Crippen LogP) is 1.39. The minimum atomic E-state index is -0.164. The van der Waals surface area contributed by atoms with Gasteiger partial charge < -0.3 is 10.6 Å². The maximum atomic E-state index is 11.6. The molecule has 0 radical (unpaired) electrons. The molecule has 1 rings (SSSR count). The Balaban J connectivity index is 2.15. The van der Waals surface area contributed by atoms with Crippen molar-refractivity contribution in [2.45, 2.75) is 53.1 Å². The molecule has 0 aliphatic carbocycles. The lowest BCUT2D eigenvalue weighted by Gasteiger charge is -2.20. The zero-order valence-electron chi connectivity index (χ0n) is 12.7. The molecule has 0 aliphatic heterocycles. The zero-order valence-corrected chi connectivity index (χ0v) is 12.7. The van der Waals surface area contributed by atoms with E-state index in [2.05, 4.69) is 28.7 Å². The minimum absolute atomic E-state index is 0.0404. The van der Waals surface area contributed by atoms with Gasteiger partial charge in [-0.2, -0.15) is 5.10 Å². The molecule has 1 aromatic heterocycles. The van der Waals surface area contributed by atoms with Crippen molar-refractivity contribution in [2.24, 2.45) is 0 Å². The Labute approximate surface area is 115 Å². The monoisotopic (exact) mass is 266 g/mol. The van der Waals surface area contributed by atoms with Crippen LogP contribution in [-0.2, 0) is 11.3 Å². The van der Waals surface area contributed by atoms with E-state index in [1.807, 2.05) is 32.4 Å². The lowest BCUT2D eigenvalue weighted by Crippen LogP contribution is -2.45. The highest BCUT2D eigenvalue weighted by Gasteiger charge is 2.12. The molecule has 5 heteroatoms. The summed E-state index contributed by atoms with van der Waals surface area (Å²) in [4.78, 5) is 11.6. The lowest BCUT2D eigenvalue weighted by atomic mass is 10.1. The quantitative estimate of drug-likeness (QED) is 0.765. The summed E-state index contributed by atoms with van der Waals surface area (Å²) >= 11 is 0. The summed E-state index contributed by atoms with van der Waals surface area (Å²) in [6.07, 6.45) is 0.963. The second-order valence-electron chi connectivity index (χ2n) is 5.98. The molecule has 0 spiro atoms. The number of aromatic nitrogens is 2. The first-order valence-electron chi connectivity index (χ1n) is 6.81. The second-order valence-corrected chi connectivity index (χ2v) is 5.98. The van der Waals surface area contributed by atoms with Gasteiger partial charge in [0, 0.05) is 17.8 Å². The van der Waals surface area contributed by atoms with Gasteiger partial charge >= 0.3 is 0 Å². The summed E-state index contributed by atoms with van der Waals surface area (Å²) in [5.41, 5.74) is 2.07. The summed E-state index contributed by atoms with van der Waals surface area (Å²) in [6, 6.07) is 2.07. The van der Waals surface area contributed by atoms with Gasteiger partial charge in [-0.15, -0.1) is 0 Å². The third-order valence-corrected chi connectivity index (χ3v) is 2.63. The molecule has 0 aliphatic rings. The number of nitrogens with zero attached hydrogens (tertiary/aromatic N) is 2. The van der Waals surface area contributed by atoms with Crippen LogP contribution < -0.4 is 10.6 Å². The summed E-state index contributed by atoms with van der Waals surface area (Å²) in [5.74, 6) is 0.0404. The number of nitrogens with one attached hydrogen (secondary N) is 2. The number of hydrogen-bond donors (Lipinski definition) is 2. The average Bonchev–Trinajstić information content (AvgIpc) is 2.54. The van der Waals surface area contributed by atoms with E-state index in [0.29, 0.717) is 6.54 Å². The topological polar surface area (TPSA) is 59.0 Å². The van der Waals surface area contributed by atoms with Crippen molar-refractivity contribution in [3.8, 4) is 0 Å². The van der Waals surface area contributed by atoms with Crippen molar-refractivity contribution in [2.75, 3.05) is 13.1 Å². The highest BCUT2D eigenvalue weighted by Crippen LogP contribution is 2.02. The number of hydrogen-bond acceptors (Lipinski definition) is 3. The van der Waals surface area contributed by atoms with Crippen molar-refractivity contribution in [1.29, 1.82) is 0 Å². The van der Waals surface area contributed by atoms with Gasteiger partial charge in [0.05, 0.1) is 12.2 Å². The van der Waals surface area contributed by atoms with Gasteiger partial charge in [-0.1, -0.05) is 0 Å². The number of rotatable bonds is 6. The van der Waals surface area contributed by atoms with Gasteiger partial charge in [0.15, 0.2) is 0 Å². The molecule has 108 valence electrons. The van der Waals surface area contributed by atoms with E-state index in [0.717, 1.165) is 25.2 Å². The van der Waals surface area contributed by atoms with E-state index < -0.39 is 0 Å². The van der Waals surface area contributed by atoms with Crippen LogP contribution in [0.15, 0.2) is 6.07 Å². The fourth-order valence-electron chi connectivity index (χ4n) is 1.92. The third-order valence-electron chi connectivity index (χ3n) is 2.63. The van der Waals surface area contributed by atoms with E-state index in [-0.39, 0.29) is 11.4 Å². The fourth-order valence-corrected chi connectivity index (χ4v) is 1.92. The molecule has 1 aromatic rings. The first kappa shape index (κ1) is 15.7. The SMILES string of the molecule is Cc1cc(C)n(CCCNCC(=O)NC(C)(C)C)n1. The molecule has 19 heavy (non-hydrogen) atoms. The second kappa shape index (κ2) is 6.70. The fraction of sp³-hybridized carbons (Fsp3) is 0.714. The molecular weight excluding hydrogens is 240 g/mol. The van der Waals surface area contributed by atoms with E-state index in [9.17, 15) is 4.79 Å². The number of aryl methyl sites for hydroxylation is 3. The van der Waals surface area contributed by atoms with Crippen molar-refractivity contribution in [3.63, 3.8) is 0 Å². The van der Waals surface area contributed by atoms with Gasteiger partial charge in [0.1, 0.15) is 0 Å². The number of carbonyl (C=O) groups excluding carboxylic acids is 1. The van der Waals surface area contributed by atoms with Crippen LogP contribution in [0.25, 0.3) is 0 Å². The van der Waals surface area contributed by atoms with Crippen LogP contribution >= 0.6 is 0 Å². The van der Waals surface area contributed by atoms with Crippen LogP contribution in [0.1, 0.15) is 38.6 Å². The van der Waals surface area contributed by atoms with E-state index in [1.165, 1.54) is 5.69 Å². The maximum absolute atomic E-state index is 11.6. The smallest absolute Gasteiger partial charge is 0.234 e. The van der Waals surface area contributed by atoms with Gasteiger partial charge in [-0.05, 0) is 53.7 Å². The van der Waals surface area contributed by atoms with Crippen molar-refractivity contribution >= 4 is 5.91 Å². The normalized spacial score (nSPS) is 11.6. The molecular formula is C14H26N4O. The van der Waals surface area contributed by atoms with Crippen LogP contribution in [0.4, 0.5) is 0 Å². The summed E-state index contributed by atoms with van der Waals surface area (Å²) < 4.78 is 2.01. The van der Waals surface area contributed by atoms with E-state index in [1.54, 1.807) is 0 Å². The molecule has 5 nitrogen and oxygen atoms in total. The predicted molar refractivity (Wildman–Crippen MR) is 77.1 cm³/mol. The van der Waals surface area contributed by atoms with E-state index >= 15 is 0 Å². The molecule has 0 bridgehead atoms. The Kier molecular flexibility index (Phi) is 5.54. The lowest BCUT2D eigenvalue weighted by molar-refractivity contribution is -0.121. The Morgan fingerprint density at radius 1 is 1.37 bits per heavy atom. The summed E-state index contributed by atoms with van der Waals surface area (Å²) in [5, 5.41) is 10.5. The van der Waals surface area contributed by atoms with Crippen LogP contribution in [-0.4, -0.2) is 34.3 Å². The minimum Gasteiger partial charge on any atom is -0.350 e.